The SMILES string of the molecule is CN1CCC(N2CC3CC(C2)c2c(NC(=O)c4ccccn4)ccc(=O)n2C3)CC1. The minimum absolute atomic E-state index is 0.0308. The molecule has 0 spiro atoms. The van der Waals surface area contributed by atoms with Crippen LogP contribution in [0.15, 0.2) is 41.3 Å². The molecule has 5 rings (SSSR count). The lowest BCUT2D eigenvalue weighted by Gasteiger charge is -2.47. The first kappa shape index (κ1) is 19.5. The molecular formula is C23H29N5O2. The fourth-order valence-corrected chi connectivity index (χ4v) is 5.50. The highest BCUT2D eigenvalue weighted by molar-refractivity contribution is 6.03. The lowest BCUT2D eigenvalue weighted by molar-refractivity contribution is 0.0519. The largest absolute Gasteiger partial charge is 0.319 e. The third-order valence-corrected chi connectivity index (χ3v) is 6.97. The number of anilines is 1. The summed E-state index contributed by atoms with van der Waals surface area (Å²) in [6, 6.07) is 9.27. The van der Waals surface area contributed by atoms with E-state index in [1.165, 1.54) is 12.8 Å². The zero-order valence-electron chi connectivity index (χ0n) is 17.5. The summed E-state index contributed by atoms with van der Waals surface area (Å²) in [7, 11) is 2.19. The second-order valence-electron chi connectivity index (χ2n) is 9.04. The minimum atomic E-state index is -0.234. The Hall–Kier alpha value is -2.51. The molecule has 2 atom stereocenters. The molecule has 5 heterocycles. The molecule has 2 fully saturated rings. The summed E-state index contributed by atoms with van der Waals surface area (Å²) in [4.78, 5) is 34.6. The van der Waals surface area contributed by atoms with Gasteiger partial charge in [-0.2, -0.15) is 0 Å². The smallest absolute Gasteiger partial charge is 0.274 e. The van der Waals surface area contributed by atoms with Gasteiger partial charge in [0.15, 0.2) is 0 Å². The monoisotopic (exact) mass is 407 g/mol. The molecule has 3 aliphatic rings. The van der Waals surface area contributed by atoms with Crippen LogP contribution < -0.4 is 10.9 Å². The third kappa shape index (κ3) is 3.68. The first-order valence-corrected chi connectivity index (χ1v) is 11.0. The predicted molar refractivity (Wildman–Crippen MR) is 116 cm³/mol. The normalized spacial score (nSPS) is 25.0. The number of amides is 1. The van der Waals surface area contributed by atoms with Crippen molar-refractivity contribution in [2.45, 2.75) is 37.8 Å². The van der Waals surface area contributed by atoms with E-state index in [2.05, 4.69) is 27.1 Å². The van der Waals surface area contributed by atoms with Crippen LogP contribution in [0.5, 0.6) is 0 Å². The summed E-state index contributed by atoms with van der Waals surface area (Å²) < 4.78 is 1.90. The maximum Gasteiger partial charge on any atom is 0.274 e. The van der Waals surface area contributed by atoms with Crippen molar-refractivity contribution in [2.75, 3.05) is 38.5 Å². The Morgan fingerprint density at radius 3 is 2.70 bits per heavy atom. The van der Waals surface area contributed by atoms with Gasteiger partial charge in [-0.05, 0) is 63.5 Å². The Bertz CT molecular complexity index is 981. The van der Waals surface area contributed by atoms with Gasteiger partial charge < -0.3 is 14.8 Å². The number of rotatable bonds is 3. The Morgan fingerprint density at radius 2 is 1.93 bits per heavy atom. The third-order valence-electron chi connectivity index (χ3n) is 6.97. The van der Waals surface area contributed by atoms with Gasteiger partial charge in [-0.15, -0.1) is 0 Å². The van der Waals surface area contributed by atoms with Crippen molar-refractivity contribution in [3.63, 3.8) is 0 Å². The Kier molecular flexibility index (Phi) is 5.16. The number of nitrogens with one attached hydrogen (secondary N) is 1. The van der Waals surface area contributed by atoms with E-state index in [4.69, 9.17) is 0 Å². The molecule has 3 aliphatic heterocycles. The van der Waals surface area contributed by atoms with Gasteiger partial charge in [0.25, 0.3) is 11.5 Å². The molecule has 7 nitrogen and oxygen atoms in total. The molecular weight excluding hydrogens is 378 g/mol. The van der Waals surface area contributed by atoms with Crippen LogP contribution in [-0.4, -0.2) is 64.5 Å². The number of piperidine rings is 2. The zero-order chi connectivity index (χ0) is 20.7. The fourth-order valence-electron chi connectivity index (χ4n) is 5.50. The molecule has 2 saturated heterocycles. The molecule has 0 radical (unpaired) electrons. The number of likely N-dealkylation sites (tertiary alicyclic amines) is 2. The van der Waals surface area contributed by atoms with E-state index < -0.39 is 0 Å². The highest BCUT2D eigenvalue weighted by Gasteiger charge is 2.39. The van der Waals surface area contributed by atoms with Crippen LogP contribution in [0.25, 0.3) is 0 Å². The molecule has 2 unspecified atom stereocenters. The maximum atomic E-state index is 12.7. The topological polar surface area (TPSA) is 70.5 Å². The molecule has 2 aromatic rings. The molecule has 2 aromatic heterocycles. The Balaban J connectivity index is 1.42. The van der Waals surface area contributed by atoms with Crippen molar-refractivity contribution in [1.82, 2.24) is 19.4 Å². The molecule has 158 valence electrons. The molecule has 1 amide bonds. The molecule has 1 N–H and O–H groups in total. The summed E-state index contributed by atoms with van der Waals surface area (Å²) in [6.45, 7) is 5.07. The predicted octanol–water partition coefficient (Wildman–Crippen LogP) is 2.01. The lowest BCUT2D eigenvalue weighted by Crippen LogP contribution is -2.53. The van der Waals surface area contributed by atoms with Crippen LogP contribution in [0.1, 0.15) is 41.4 Å². The van der Waals surface area contributed by atoms with Gasteiger partial charge in [0.05, 0.1) is 5.69 Å². The van der Waals surface area contributed by atoms with Crippen LogP contribution in [0, 0.1) is 5.92 Å². The van der Waals surface area contributed by atoms with Crippen molar-refractivity contribution >= 4 is 11.6 Å². The number of carbonyl (C=O) groups is 1. The zero-order valence-corrected chi connectivity index (χ0v) is 17.5. The van der Waals surface area contributed by atoms with Crippen LogP contribution in [0.4, 0.5) is 5.69 Å². The second-order valence-corrected chi connectivity index (χ2v) is 9.04. The highest BCUT2D eigenvalue weighted by Crippen LogP contribution is 2.40. The Labute approximate surface area is 176 Å². The molecule has 7 heteroatoms. The van der Waals surface area contributed by atoms with Crippen molar-refractivity contribution in [3.05, 3.63) is 58.3 Å². The van der Waals surface area contributed by atoms with Crippen molar-refractivity contribution in [1.29, 1.82) is 0 Å². The van der Waals surface area contributed by atoms with E-state index >= 15 is 0 Å². The van der Waals surface area contributed by atoms with Gasteiger partial charge in [-0.25, -0.2) is 0 Å². The Morgan fingerprint density at radius 1 is 1.10 bits per heavy atom. The second kappa shape index (κ2) is 7.96. The van der Waals surface area contributed by atoms with Crippen molar-refractivity contribution in [2.24, 2.45) is 5.92 Å². The summed E-state index contributed by atoms with van der Waals surface area (Å²) in [5.74, 6) is 0.530. The van der Waals surface area contributed by atoms with E-state index in [0.29, 0.717) is 17.7 Å². The van der Waals surface area contributed by atoms with Crippen LogP contribution in [0.3, 0.4) is 0 Å². The number of fused-ring (bicyclic) bond motifs is 4. The van der Waals surface area contributed by atoms with Crippen LogP contribution in [-0.2, 0) is 6.54 Å². The molecule has 0 aromatic carbocycles. The first-order valence-electron chi connectivity index (χ1n) is 11.0. The van der Waals surface area contributed by atoms with E-state index in [1.54, 1.807) is 36.5 Å². The number of pyridine rings is 2. The number of hydrogen-bond acceptors (Lipinski definition) is 5. The summed E-state index contributed by atoms with van der Waals surface area (Å²) in [5.41, 5.74) is 2.15. The average Bonchev–Trinajstić information content (AvgIpc) is 2.76. The number of aromatic nitrogens is 2. The average molecular weight is 408 g/mol. The fraction of sp³-hybridized carbons (Fsp3) is 0.522. The van der Waals surface area contributed by atoms with Gasteiger partial charge in [0.2, 0.25) is 0 Å². The minimum Gasteiger partial charge on any atom is -0.319 e. The summed E-state index contributed by atoms with van der Waals surface area (Å²) in [6.07, 6.45) is 5.12. The standard InChI is InChI=1S/C23H29N5O2/c1-26-10-7-18(8-11-26)27-13-16-12-17(15-27)22-19(5-6-21(29)28(22)14-16)25-23(30)20-4-2-3-9-24-20/h2-6,9,16-18H,7-8,10-15H2,1H3,(H,25,30). The lowest BCUT2D eigenvalue weighted by atomic mass is 9.81. The summed E-state index contributed by atoms with van der Waals surface area (Å²) in [5, 5.41) is 3.03. The number of nitrogens with zero attached hydrogens (tertiary/aromatic N) is 4. The molecule has 0 saturated carbocycles. The highest BCUT2D eigenvalue weighted by atomic mass is 16.2. The first-order chi connectivity index (χ1) is 14.6. The number of carbonyl (C=O) groups excluding carboxylic acids is 1. The summed E-state index contributed by atoms with van der Waals surface area (Å²) >= 11 is 0. The van der Waals surface area contributed by atoms with Gasteiger partial charge >= 0.3 is 0 Å². The number of hydrogen-bond donors (Lipinski definition) is 1. The maximum absolute atomic E-state index is 12.7. The van der Waals surface area contributed by atoms with Crippen molar-refractivity contribution in [3.8, 4) is 0 Å². The van der Waals surface area contributed by atoms with Crippen LogP contribution >= 0.6 is 0 Å². The van der Waals surface area contributed by atoms with Gasteiger partial charge in [0, 0.05) is 49.6 Å². The van der Waals surface area contributed by atoms with E-state index in [-0.39, 0.29) is 17.4 Å². The van der Waals surface area contributed by atoms with E-state index in [1.807, 2.05) is 4.57 Å². The van der Waals surface area contributed by atoms with E-state index in [9.17, 15) is 9.59 Å². The van der Waals surface area contributed by atoms with Crippen molar-refractivity contribution < 1.29 is 4.79 Å². The van der Waals surface area contributed by atoms with Gasteiger partial charge in [0.1, 0.15) is 5.69 Å². The van der Waals surface area contributed by atoms with Crippen LogP contribution in [0.2, 0.25) is 0 Å². The van der Waals surface area contributed by atoms with Gasteiger partial charge in [-0.3, -0.25) is 19.5 Å². The van der Waals surface area contributed by atoms with E-state index in [0.717, 1.165) is 50.5 Å². The molecule has 0 aliphatic carbocycles. The molecule has 2 bridgehead atoms. The van der Waals surface area contributed by atoms with Gasteiger partial charge in [-0.1, -0.05) is 6.07 Å². The quantitative estimate of drug-likeness (QED) is 0.843. The molecule has 30 heavy (non-hydrogen) atoms.